The smallest absolute Gasteiger partial charge is 0.146 e. The molecule has 0 aliphatic rings. The monoisotopic (exact) mass is 229 g/mol. The van der Waals surface area contributed by atoms with E-state index in [-0.39, 0.29) is 5.82 Å². The predicted octanol–water partition coefficient (Wildman–Crippen LogP) is 3.06. The fourth-order valence-electron chi connectivity index (χ4n) is 1.38. The average Bonchev–Trinajstić information content (AvgIpc) is 2.38. The summed E-state index contributed by atoms with van der Waals surface area (Å²) < 4.78 is 13.4. The van der Waals surface area contributed by atoms with Gasteiger partial charge in [-0.25, -0.2) is 9.37 Å². The number of nitrogens with one attached hydrogen (secondary N) is 1. The van der Waals surface area contributed by atoms with Gasteiger partial charge in [0.15, 0.2) is 0 Å². The summed E-state index contributed by atoms with van der Waals surface area (Å²) in [5.41, 5.74) is 3.84. The number of hydrogen-bond acceptors (Lipinski definition) is 3. The van der Waals surface area contributed by atoms with Gasteiger partial charge < -0.3 is 0 Å². The average molecular weight is 229 g/mol. The van der Waals surface area contributed by atoms with Gasteiger partial charge in [-0.3, -0.25) is 5.43 Å². The Bertz CT molecular complexity index is 523. The van der Waals surface area contributed by atoms with Crippen molar-refractivity contribution in [3.8, 4) is 0 Å². The van der Waals surface area contributed by atoms with E-state index in [2.05, 4.69) is 15.5 Å². The van der Waals surface area contributed by atoms with Crippen molar-refractivity contribution >= 4 is 11.5 Å². The Balaban J connectivity index is 2.16. The number of rotatable bonds is 3. The Hall–Kier alpha value is -2.23. The van der Waals surface area contributed by atoms with Gasteiger partial charge in [0.2, 0.25) is 0 Å². The van der Waals surface area contributed by atoms with Crippen LogP contribution in [0.25, 0.3) is 0 Å². The molecule has 0 atom stereocenters. The number of pyridine rings is 1. The lowest BCUT2D eigenvalue weighted by Crippen LogP contribution is -2.02. The van der Waals surface area contributed by atoms with Crippen LogP contribution in [-0.4, -0.2) is 10.7 Å². The van der Waals surface area contributed by atoms with Gasteiger partial charge in [0.1, 0.15) is 11.6 Å². The molecule has 1 aromatic heterocycles. The summed E-state index contributed by atoms with van der Waals surface area (Å²) in [5.74, 6) is 0.347. The van der Waals surface area contributed by atoms with Gasteiger partial charge in [-0.15, -0.1) is 0 Å². The Labute approximate surface area is 99.0 Å². The first-order chi connectivity index (χ1) is 8.27. The molecule has 1 N–H and O–H groups in total. The Morgan fingerprint density at radius 2 is 1.94 bits per heavy atom. The van der Waals surface area contributed by atoms with Crippen molar-refractivity contribution < 1.29 is 4.39 Å². The van der Waals surface area contributed by atoms with Crippen LogP contribution in [0.15, 0.2) is 53.8 Å². The fraction of sp³-hybridized carbons (Fsp3) is 0.0769. The zero-order chi connectivity index (χ0) is 12.1. The molecule has 1 heterocycles. The molecule has 0 fully saturated rings. The van der Waals surface area contributed by atoms with Crippen molar-refractivity contribution in [2.75, 3.05) is 5.43 Å². The predicted molar refractivity (Wildman–Crippen MR) is 66.5 cm³/mol. The van der Waals surface area contributed by atoms with E-state index < -0.39 is 0 Å². The van der Waals surface area contributed by atoms with Crippen molar-refractivity contribution in [1.82, 2.24) is 4.98 Å². The highest BCUT2D eigenvalue weighted by Gasteiger charge is 2.03. The molecule has 0 radical (unpaired) electrons. The number of hydrazone groups is 1. The van der Waals surface area contributed by atoms with Gasteiger partial charge in [0, 0.05) is 11.8 Å². The minimum atomic E-state index is -0.281. The summed E-state index contributed by atoms with van der Waals surface area (Å²) in [6, 6.07) is 12.0. The van der Waals surface area contributed by atoms with Gasteiger partial charge in [0.25, 0.3) is 0 Å². The highest BCUT2D eigenvalue weighted by atomic mass is 19.1. The van der Waals surface area contributed by atoms with Gasteiger partial charge in [-0.05, 0) is 25.1 Å². The topological polar surface area (TPSA) is 37.3 Å². The molecule has 0 aliphatic heterocycles. The first-order valence-corrected chi connectivity index (χ1v) is 5.23. The molecule has 0 unspecified atom stereocenters. The number of anilines is 1. The van der Waals surface area contributed by atoms with Crippen molar-refractivity contribution in [2.24, 2.45) is 5.10 Å². The molecular weight excluding hydrogens is 217 g/mol. The van der Waals surface area contributed by atoms with E-state index >= 15 is 0 Å². The molecule has 0 aliphatic carbocycles. The van der Waals surface area contributed by atoms with E-state index in [0.29, 0.717) is 17.1 Å². The van der Waals surface area contributed by atoms with Crippen molar-refractivity contribution in [3.05, 3.63) is 60.0 Å². The Kier molecular flexibility index (Phi) is 3.45. The number of benzene rings is 1. The van der Waals surface area contributed by atoms with E-state index in [9.17, 15) is 4.39 Å². The van der Waals surface area contributed by atoms with Crippen LogP contribution < -0.4 is 5.43 Å². The van der Waals surface area contributed by atoms with Crippen molar-refractivity contribution in [3.63, 3.8) is 0 Å². The third-order valence-corrected chi connectivity index (χ3v) is 2.27. The molecule has 0 saturated carbocycles. The van der Waals surface area contributed by atoms with Crippen LogP contribution >= 0.6 is 0 Å². The second kappa shape index (κ2) is 5.21. The zero-order valence-electron chi connectivity index (χ0n) is 9.39. The summed E-state index contributed by atoms with van der Waals surface area (Å²) in [6.07, 6.45) is 1.66. The molecule has 2 aromatic rings. The van der Waals surface area contributed by atoms with Crippen LogP contribution in [-0.2, 0) is 0 Å². The molecule has 4 heteroatoms. The Morgan fingerprint density at radius 3 is 2.65 bits per heavy atom. The fourth-order valence-corrected chi connectivity index (χ4v) is 1.38. The standard InChI is InChI=1S/C13H12FN3/c1-10(11-6-2-3-7-12(11)14)16-17-13-8-4-5-9-15-13/h2-9H,1H3,(H,15,17)/b16-10-. The maximum atomic E-state index is 13.4. The molecule has 3 nitrogen and oxygen atoms in total. The molecule has 0 spiro atoms. The first-order valence-electron chi connectivity index (χ1n) is 5.23. The number of halogens is 1. The molecule has 0 saturated heterocycles. The van der Waals surface area contributed by atoms with E-state index in [4.69, 9.17) is 0 Å². The van der Waals surface area contributed by atoms with Crippen LogP contribution in [0, 0.1) is 5.82 Å². The van der Waals surface area contributed by atoms with Crippen LogP contribution in [0.2, 0.25) is 0 Å². The molecular formula is C13H12FN3. The van der Waals surface area contributed by atoms with Crippen molar-refractivity contribution in [1.29, 1.82) is 0 Å². The summed E-state index contributed by atoms with van der Waals surface area (Å²) in [4.78, 5) is 4.05. The number of aromatic nitrogens is 1. The molecule has 86 valence electrons. The summed E-state index contributed by atoms with van der Waals surface area (Å²) >= 11 is 0. The summed E-state index contributed by atoms with van der Waals surface area (Å²) in [7, 11) is 0. The maximum absolute atomic E-state index is 13.4. The summed E-state index contributed by atoms with van der Waals surface area (Å²) in [5, 5.41) is 4.09. The van der Waals surface area contributed by atoms with E-state index in [1.54, 1.807) is 37.4 Å². The lowest BCUT2D eigenvalue weighted by molar-refractivity contribution is 0.625. The van der Waals surface area contributed by atoms with Crippen LogP contribution in [0.4, 0.5) is 10.2 Å². The molecule has 0 amide bonds. The highest BCUT2D eigenvalue weighted by Crippen LogP contribution is 2.08. The van der Waals surface area contributed by atoms with Crippen molar-refractivity contribution in [2.45, 2.75) is 6.92 Å². The van der Waals surface area contributed by atoms with Gasteiger partial charge in [0.05, 0.1) is 5.71 Å². The molecule has 1 aromatic carbocycles. The minimum absolute atomic E-state index is 0.281. The second-order valence-corrected chi connectivity index (χ2v) is 3.50. The normalized spacial score (nSPS) is 11.3. The lowest BCUT2D eigenvalue weighted by atomic mass is 10.1. The third kappa shape index (κ3) is 2.87. The third-order valence-electron chi connectivity index (χ3n) is 2.27. The van der Waals surface area contributed by atoms with Crippen LogP contribution in [0.1, 0.15) is 12.5 Å². The van der Waals surface area contributed by atoms with Gasteiger partial charge in [-0.1, -0.05) is 24.3 Å². The molecule has 17 heavy (non-hydrogen) atoms. The van der Waals surface area contributed by atoms with Crippen LogP contribution in [0.5, 0.6) is 0 Å². The van der Waals surface area contributed by atoms with E-state index in [0.717, 1.165) is 0 Å². The van der Waals surface area contributed by atoms with Crippen LogP contribution in [0.3, 0.4) is 0 Å². The highest BCUT2D eigenvalue weighted by molar-refractivity contribution is 5.99. The first kappa shape index (κ1) is 11.3. The lowest BCUT2D eigenvalue weighted by Gasteiger charge is -2.03. The minimum Gasteiger partial charge on any atom is -0.261 e. The van der Waals surface area contributed by atoms with E-state index in [1.165, 1.54) is 6.07 Å². The van der Waals surface area contributed by atoms with Gasteiger partial charge >= 0.3 is 0 Å². The number of nitrogens with zero attached hydrogens (tertiary/aromatic N) is 2. The maximum Gasteiger partial charge on any atom is 0.146 e. The SMILES string of the molecule is C/C(=N/Nc1ccccn1)c1ccccc1F. The van der Waals surface area contributed by atoms with Gasteiger partial charge in [-0.2, -0.15) is 5.10 Å². The largest absolute Gasteiger partial charge is 0.261 e. The second-order valence-electron chi connectivity index (χ2n) is 3.50. The summed E-state index contributed by atoms with van der Waals surface area (Å²) in [6.45, 7) is 1.74. The molecule has 0 bridgehead atoms. The Morgan fingerprint density at radius 1 is 1.18 bits per heavy atom. The number of hydrogen-bond donors (Lipinski definition) is 1. The van der Waals surface area contributed by atoms with E-state index in [1.807, 2.05) is 12.1 Å². The quantitative estimate of drug-likeness (QED) is 0.648. The zero-order valence-corrected chi connectivity index (χ0v) is 9.39. The molecule has 2 rings (SSSR count).